The van der Waals surface area contributed by atoms with Gasteiger partial charge in [-0.1, -0.05) is 36.4 Å². The molecule has 0 spiro atoms. The summed E-state index contributed by atoms with van der Waals surface area (Å²) in [6.45, 7) is 3.96. The molecule has 0 saturated carbocycles. The molecule has 0 bridgehead atoms. The van der Waals surface area contributed by atoms with Gasteiger partial charge in [0.15, 0.2) is 0 Å². The Labute approximate surface area is 161 Å². The van der Waals surface area contributed by atoms with Crippen LogP contribution in [-0.2, 0) is 29.1 Å². The summed E-state index contributed by atoms with van der Waals surface area (Å²) in [5.41, 5.74) is 9.81. The number of benzene rings is 2. The third-order valence-corrected chi connectivity index (χ3v) is 2.18. The Morgan fingerprint density at radius 3 is 1.20 bits per heavy atom. The van der Waals surface area contributed by atoms with Gasteiger partial charge >= 0.3 is 11.9 Å². The van der Waals surface area contributed by atoms with Crippen molar-refractivity contribution in [3.63, 3.8) is 0 Å². The zero-order valence-corrected chi connectivity index (χ0v) is 17.6. The summed E-state index contributed by atoms with van der Waals surface area (Å²) in [6.07, 6.45) is 0. The van der Waals surface area contributed by atoms with Crippen molar-refractivity contribution in [1.29, 1.82) is 0 Å². The Balaban J connectivity index is 0. The van der Waals surface area contributed by atoms with Gasteiger partial charge in [-0.15, -0.1) is 0 Å². The molecule has 0 aromatic heterocycles. The predicted molar refractivity (Wildman–Crippen MR) is 93.6 cm³/mol. The summed E-state index contributed by atoms with van der Waals surface area (Å²) in [4.78, 5) is 20.8. The number of esters is 2. The number of carbonyl (C=O) groups is 2. The molecule has 0 aliphatic carbocycles. The second kappa shape index (κ2) is 16.8. The fourth-order valence-electron chi connectivity index (χ4n) is 1.31. The van der Waals surface area contributed by atoms with Crippen LogP contribution in [0.5, 0.6) is 11.5 Å². The Morgan fingerprint density at radius 1 is 0.720 bits per heavy atom. The van der Waals surface area contributed by atoms with E-state index in [2.05, 4.69) is 0 Å². The Kier molecular flexibility index (Phi) is 16.9. The van der Waals surface area contributed by atoms with E-state index in [0.29, 0.717) is 24.6 Å². The van der Waals surface area contributed by atoms with E-state index in [-0.39, 0.29) is 31.4 Å². The third kappa shape index (κ3) is 16.6. The summed E-state index contributed by atoms with van der Waals surface area (Å²) in [7, 11) is 0. The van der Waals surface area contributed by atoms with Gasteiger partial charge in [0.25, 0.3) is 0 Å². The van der Waals surface area contributed by atoms with Gasteiger partial charge in [0.05, 0.1) is 0 Å². The van der Waals surface area contributed by atoms with Gasteiger partial charge in [0.2, 0.25) is 0 Å². The molecule has 6 nitrogen and oxygen atoms in total. The predicted octanol–water partition coefficient (Wildman–Crippen LogP) is 2.13. The molecule has 132 valence electrons. The van der Waals surface area contributed by atoms with Crippen LogP contribution in [0, 0.1) is 0 Å². The molecule has 0 unspecified atom stereocenters. The monoisotopic (exact) mass is 396 g/mol. The fraction of sp³-hybridized carbons (Fsp3) is 0.222. The van der Waals surface area contributed by atoms with Crippen LogP contribution in [0.15, 0.2) is 60.7 Å². The Bertz CT molecular complexity index is 527. The minimum Gasteiger partial charge on any atom is -0.427 e. The number of carbonyl (C=O) groups excluding carboxylic acids is 2. The first kappa shape index (κ1) is 25.2. The van der Waals surface area contributed by atoms with Gasteiger partial charge in [-0.3, -0.25) is 9.59 Å². The molecule has 0 atom stereocenters. The van der Waals surface area contributed by atoms with Crippen molar-refractivity contribution in [3.8, 4) is 11.5 Å². The van der Waals surface area contributed by atoms with Crippen LogP contribution in [0.25, 0.3) is 0 Å². The van der Waals surface area contributed by atoms with Crippen LogP contribution in [0.1, 0.15) is 13.8 Å². The van der Waals surface area contributed by atoms with Crippen molar-refractivity contribution in [2.24, 2.45) is 11.5 Å². The second-order valence-corrected chi connectivity index (χ2v) is 4.39. The maximum Gasteiger partial charge on any atom is 0.308 e. The van der Waals surface area contributed by atoms with Crippen molar-refractivity contribution >= 4 is 11.9 Å². The fourth-order valence-corrected chi connectivity index (χ4v) is 1.31. The number of hydrogen-bond acceptors (Lipinski definition) is 6. The van der Waals surface area contributed by atoms with E-state index in [4.69, 9.17) is 20.9 Å². The minimum atomic E-state index is -0.286. The van der Waals surface area contributed by atoms with E-state index >= 15 is 0 Å². The van der Waals surface area contributed by atoms with E-state index in [9.17, 15) is 9.59 Å². The maximum atomic E-state index is 10.4. The van der Waals surface area contributed by atoms with Crippen LogP contribution >= 0.6 is 0 Å². The van der Waals surface area contributed by atoms with E-state index in [1.165, 1.54) is 13.8 Å². The van der Waals surface area contributed by atoms with E-state index in [1.54, 1.807) is 24.3 Å². The normalized spacial score (nSPS) is 8.32. The molecule has 0 fully saturated rings. The van der Waals surface area contributed by atoms with Crippen LogP contribution < -0.4 is 20.9 Å². The molecule has 0 saturated heterocycles. The maximum absolute atomic E-state index is 10.4. The number of nitrogens with two attached hydrogens (primary N) is 2. The molecule has 0 heterocycles. The third-order valence-electron chi connectivity index (χ3n) is 2.18. The quantitative estimate of drug-likeness (QED) is 0.467. The van der Waals surface area contributed by atoms with E-state index in [0.717, 1.165) is 0 Å². The number of para-hydroxylation sites is 2. The van der Waals surface area contributed by atoms with E-state index < -0.39 is 0 Å². The van der Waals surface area contributed by atoms with Gasteiger partial charge in [-0.25, -0.2) is 0 Å². The standard InChI is InChI=1S/2C8H8O2.C2H8N2.Zn/c2*1-7(9)10-8-5-3-2-4-6-8;3-1-2-4;/h2*2-6H,1H3;1-4H2;. The Hall–Kier alpha value is -2.08. The van der Waals surface area contributed by atoms with Crippen LogP contribution in [0.4, 0.5) is 0 Å². The minimum absolute atomic E-state index is 0. The summed E-state index contributed by atoms with van der Waals surface area (Å²) in [5, 5.41) is 0. The van der Waals surface area contributed by atoms with Crippen molar-refractivity contribution in [2.45, 2.75) is 13.8 Å². The number of ether oxygens (including phenoxy) is 2. The van der Waals surface area contributed by atoms with Crippen molar-refractivity contribution < 1.29 is 38.5 Å². The van der Waals surface area contributed by atoms with E-state index in [1.807, 2.05) is 36.4 Å². The molecule has 0 aliphatic rings. The molecular weight excluding hydrogens is 374 g/mol. The van der Waals surface area contributed by atoms with Gasteiger partial charge < -0.3 is 20.9 Å². The van der Waals surface area contributed by atoms with Crippen LogP contribution in [0.2, 0.25) is 0 Å². The summed E-state index contributed by atoms with van der Waals surface area (Å²) in [5.74, 6) is 0.613. The summed E-state index contributed by atoms with van der Waals surface area (Å²) < 4.78 is 9.55. The molecule has 2 aromatic rings. The topological polar surface area (TPSA) is 105 Å². The molecule has 7 heteroatoms. The first-order chi connectivity index (χ1) is 11.5. The molecule has 4 N–H and O–H groups in total. The largest absolute Gasteiger partial charge is 0.427 e. The van der Waals surface area contributed by atoms with Gasteiger partial charge in [0.1, 0.15) is 11.5 Å². The van der Waals surface area contributed by atoms with Gasteiger partial charge in [0, 0.05) is 46.4 Å². The molecule has 0 radical (unpaired) electrons. The van der Waals surface area contributed by atoms with Gasteiger partial charge in [-0.2, -0.15) is 0 Å². The average molecular weight is 398 g/mol. The number of hydrogen-bond donors (Lipinski definition) is 2. The Morgan fingerprint density at radius 2 is 1.00 bits per heavy atom. The molecule has 2 rings (SSSR count). The second-order valence-electron chi connectivity index (χ2n) is 4.39. The average Bonchev–Trinajstić information content (AvgIpc) is 2.56. The first-order valence-electron chi connectivity index (χ1n) is 7.36. The van der Waals surface area contributed by atoms with Crippen molar-refractivity contribution in [3.05, 3.63) is 60.7 Å². The zero-order chi connectivity index (χ0) is 18.2. The van der Waals surface area contributed by atoms with Crippen molar-refractivity contribution in [2.75, 3.05) is 13.1 Å². The first-order valence-corrected chi connectivity index (χ1v) is 7.36. The molecule has 2 aromatic carbocycles. The van der Waals surface area contributed by atoms with Gasteiger partial charge in [-0.05, 0) is 24.3 Å². The van der Waals surface area contributed by atoms with Crippen LogP contribution in [0.3, 0.4) is 0 Å². The van der Waals surface area contributed by atoms with Crippen molar-refractivity contribution in [1.82, 2.24) is 0 Å². The molecule has 0 aliphatic heterocycles. The SMILES string of the molecule is CC(=O)Oc1ccccc1.CC(=O)Oc1ccccc1.NCCN.[Zn]. The molecule has 0 amide bonds. The summed E-state index contributed by atoms with van der Waals surface area (Å²) in [6, 6.07) is 18.0. The number of rotatable bonds is 3. The zero-order valence-electron chi connectivity index (χ0n) is 14.7. The van der Waals surface area contributed by atoms with Crippen LogP contribution in [-0.4, -0.2) is 25.0 Å². The summed E-state index contributed by atoms with van der Waals surface area (Å²) >= 11 is 0. The molecule has 25 heavy (non-hydrogen) atoms. The molecular formula is C18H24N2O4Zn. The smallest absolute Gasteiger partial charge is 0.308 e.